The molecule has 1 unspecified atom stereocenters. The van der Waals surface area contributed by atoms with Crippen molar-refractivity contribution in [3.05, 3.63) is 125 Å². The van der Waals surface area contributed by atoms with E-state index in [1.807, 2.05) is 19.1 Å². The van der Waals surface area contributed by atoms with Gasteiger partial charge in [-0.05, 0) is 85.3 Å². The third kappa shape index (κ3) is 8.48. The van der Waals surface area contributed by atoms with E-state index >= 15 is 0 Å². The summed E-state index contributed by atoms with van der Waals surface area (Å²) < 4.78 is 5.14. The van der Waals surface area contributed by atoms with Gasteiger partial charge in [0.1, 0.15) is 11.4 Å². The highest BCUT2D eigenvalue weighted by Crippen LogP contribution is 2.26. The van der Waals surface area contributed by atoms with Gasteiger partial charge in [0.2, 0.25) is 5.91 Å². The number of ether oxygens (including phenoxy) is 1. The molecule has 41 heavy (non-hydrogen) atoms. The molecule has 208 valence electrons. The standard InChI is InChI=1S/C32H28ClN3O4S/c1-21(30(37)34-24-12-16-26(40-2)17-13-24)41-27-18-14-25(15-19-27)35-32(39)29(20-23-10-6-7-11-28(23)33)36-31(38)22-8-4-3-5-9-22/h3-21H,1-2H3,(H,34,37)(H,35,39)(H,36,38)/b29-20-. The van der Waals surface area contributed by atoms with Gasteiger partial charge in [-0.2, -0.15) is 0 Å². The fourth-order valence-electron chi connectivity index (χ4n) is 3.68. The van der Waals surface area contributed by atoms with Crippen LogP contribution >= 0.6 is 23.4 Å². The van der Waals surface area contributed by atoms with Gasteiger partial charge in [-0.1, -0.05) is 48.0 Å². The summed E-state index contributed by atoms with van der Waals surface area (Å²) in [7, 11) is 1.59. The summed E-state index contributed by atoms with van der Waals surface area (Å²) in [5.41, 5.74) is 2.24. The Morgan fingerprint density at radius 2 is 1.41 bits per heavy atom. The van der Waals surface area contributed by atoms with Crippen LogP contribution in [0.1, 0.15) is 22.8 Å². The molecule has 0 spiro atoms. The van der Waals surface area contributed by atoms with E-state index in [0.717, 1.165) is 4.90 Å². The van der Waals surface area contributed by atoms with Crippen LogP contribution < -0.4 is 20.7 Å². The summed E-state index contributed by atoms with van der Waals surface area (Å²) in [6, 6.07) is 29.9. The van der Waals surface area contributed by atoms with Crippen molar-refractivity contribution >= 4 is 58.5 Å². The fourth-order valence-corrected chi connectivity index (χ4v) is 4.74. The smallest absolute Gasteiger partial charge is 0.272 e. The Morgan fingerprint density at radius 3 is 2.07 bits per heavy atom. The number of hydrogen-bond donors (Lipinski definition) is 3. The minimum Gasteiger partial charge on any atom is -0.497 e. The first-order chi connectivity index (χ1) is 19.8. The Labute approximate surface area is 248 Å². The van der Waals surface area contributed by atoms with Crippen LogP contribution in [0.4, 0.5) is 11.4 Å². The number of carbonyl (C=O) groups is 3. The maximum absolute atomic E-state index is 13.3. The quantitative estimate of drug-likeness (QED) is 0.139. The number of rotatable bonds is 10. The van der Waals surface area contributed by atoms with Gasteiger partial charge in [-0.15, -0.1) is 11.8 Å². The number of nitrogens with one attached hydrogen (secondary N) is 3. The first kappa shape index (κ1) is 29.5. The predicted molar refractivity (Wildman–Crippen MR) is 165 cm³/mol. The summed E-state index contributed by atoms with van der Waals surface area (Å²) in [6.07, 6.45) is 1.53. The second-order valence-electron chi connectivity index (χ2n) is 8.86. The van der Waals surface area contributed by atoms with Crippen molar-refractivity contribution in [1.29, 1.82) is 0 Å². The van der Waals surface area contributed by atoms with E-state index in [4.69, 9.17) is 16.3 Å². The number of carbonyl (C=O) groups excluding carboxylic acids is 3. The predicted octanol–water partition coefficient (Wildman–Crippen LogP) is 6.88. The molecule has 9 heteroatoms. The van der Waals surface area contributed by atoms with Crippen molar-refractivity contribution < 1.29 is 19.1 Å². The van der Waals surface area contributed by atoms with Crippen molar-refractivity contribution in [2.45, 2.75) is 17.1 Å². The highest BCUT2D eigenvalue weighted by atomic mass is 35.5. The lowest BCUT2D eigenvalue weighted by atomic mass is 10.1. The Balaban J connectivity index is 1.42. The van der Waals surface area contributed by atoms with E-state index in [2.05, 4.69) is 16.0 Å². The molecule has 0 saturated carbocycles. The van der Waals surface area contributed by atoms with Gasteiger partial charge in [-0.25, -0.2) is 0 Å². The Bertz CT molecular complexity index is 1540. The number of thioether (sulfide) groups is 1. The molecule has 0 aliphatic heterocycles. The lowest BCUT2D eigenvalue weighted by molar-refractivity contribution is -0.115. The van der Waals surface area contributed by atoms with E-state index in [1.165, 1.54) is 17.8 Å². The van der Waals surface area contributed by atoms with Crippen LogP contribution in [0, 0.1) is 0 Å². The number of hydrogen-bond acceptors (Lipinski definition) is 5. The second-order valence-corrected chi connectivity index (χ2v) is 10.7. The monoisotopic (exact) mass is 585 g/mol. The van der Waals surface area contributed by atoms with Crippen LogP contribution in [0.3, 0.4) is 0 Å². The van der Waals surface area contributed by atoms with Crippen LogP contribution in [-0.4, -0.2) is 30.1 Å². The molecule has 4 aromatic rings. The number of anilines is 2. The van der Waals surface area contributed by atoms with Crippen LogP contribution in [0.15, 0.2) is 114 Å². The average Bonchev–Trinajstić information content (AvgIpc) is 2.99. The van der Waals surface area contributed by atoms with Gasteiger partial charge >= 0.3 is 0 Å². The molecule has 0 bridgehead atoms. The van der Waals surface area contributed by atoms with Crippen molar-refractivity contribution in [1.82, 2.24) is 5.32 Å². The van der Waals surface area contributed by atoms with Gasteiger partial charge in [-0.3, -0.25) is 14.4 Å². The van der Waals surface area contributed by atoms with Gasteiger partial charge in [0.05, 0.1) is 12.4 Å². The molecule has 0 saturated heterocycles. The topological polar surface area (TPSA) is 96.5 Å². The molecular weight excluding hydrogens is 558 g/mol. The summed E-state index contributed by atoms with van der Waals surface area (Å²) in [4.78, 5) is 39.6. The SMILES string of the molecule is COc1ccc(NC(=O)C(C)Sc2ccc(NC(=O)/C(=C/c3ccccc3Cl)NC(=O)c3ccccc3)cc2)cc1. The molecule has 0 radical (unpaired) electrons. The van der Waals surface area contributed by atoms with Crippen molar-refractivity contribution in [2.24, 2.45) is 0 Å². The van der Waals surface area contributed by atoms with Gasteiger partial charge in [0.25, 0.3) is 11.8 Å². The zero-order valence-electron chi connectivity index (χ0n) is 22.4. The van der Waals surface area contributed by atoms with Crippen molar-refractivity contribution in [3.63, 3.8) is 0 Å². The molecule has 1 atom stereocenters. The summed E-state index contributed by atoms with van der Waals surface area (Å²) in [5, 5.41) is 8.49. The van der Waals surface area contributed by atoms with Crippen molar-refractivity contribution in [3.8, 4) is 5.75 Å². The molecule has 3 N–H and O–H groups in total. The molecule has 3 amide bonds. The number of amides is 3. The van der Waals surface area contributed by atoms with E-state index < -0.39 is 11.8 Å². The Hall–Kier alpha value is -4.53. The number of methoxy groups -OCH3 is 1. The van der Waals surface area contributed by atoms with E-state index in [0.29, 0.717) is 33.3 Å². The largest absolute Gasteiger partial charge is 0.497 e. The van der Waals surface area contributed by atoms with E-state index in [9.17, 15) is 14.4 Å². The maximum Gasteiger partial charge on any atom is 0.272 e. The maximum atomic E-state index is 13.3. The third-order valence-electron chi connectivity index (χ3n) is 5.89. The lowest BCUT2D eigenvalue weighted by Crippen LogP contribution is -2.30. The lowest BCUT2D eigenvalue weighted by Gasteiger charge is -2.14. The minimum absolute atomic E-state index is 0.0363. The number of halogens is 1. The zero-order valence-corrected chi connectivity index (χ0v) is 24.0. The normalized spacial score (nSPS) is 11.7. The second kappa shape index (κ2) is 14.2. The zero-order chi connectivity index (χ0) is 29.2. The van der Waals surface area contributed by atoms with Gasteiger partial charge < -0.3 is 20.7 Å². The Morgan fingerprint density at radius 1 is 0.805 bits per heavy atom. The Kier molecular flexibility index (Phi) is 10.2. The molecule has 0 aromatic heterocycles. The molecule has 0 fully saturated rings. The first-order valence-corrected chi connectivity index (χ1v) is 13.9. The average molecular weight is 586 g/mol. The van der Waals surface area contributed by atoms with Crippen LogP contribution in [0.5, 0.6) is 5.75 Å². The molecule has 0 heterocycles. The van der Waals surface area contributed by atoms with Crippen molar-refractivity contribution in [2.75, 3.05) is 17.7 Å². The van der Waals surface area contributed by atoms with Crippen LogP contribution in [0.25, 0.3) is 6.08 Å². The van der Waals surface area contributed by atoms with Crippen LogP contribution in [0.2, 0.25) is 5.02 Å². The molecular formula is C32H28ClN3O4S. The van der Waals surface area contributed by atoms with E-state index in [1.54, 1.807) is 98.1 Å². The molecule has 0 aliphatic rings. The van der Waals surface area contributed by atoms with Crippen LogP contribution in [-0.2, 0) is 9.59 Å². The summed E-state index contributed by atoms with van der Waals surface area (Å²) in [6.45, 7) is 1.82. The molecule has 4 aromatic carbocycles. The molecule has 4 rings (SSSR count). The molecule has 7 nitrogen and oxygen atoms in total. The fraction of sp³-hybridized carbons (Fsp3) is 0.0938. The van der Waals surface area contributed by atoms with Gasteiger partial charge in [0.15, 0.2) is 0 Å². The highest BCUT2D eigenvalue weighted by Gasteiger charge is 2.17. The minimum atomic E-state index is -0.512. The summed E-state index contributed by atoms with van der Waals surface area (Å²) >= 11 is 7.69. The van der Waals surface area contributed by atoms with E-state index in [-0.39, 0.29) is 16.9 Å². The summed E-state index contributed by atoms with van der Waals surface area (Å²) in [5.74, 6) is -0.363. The first-order valence-electron chi connectivity index (χ1n) is 12.7. The third-order valence-corrected chi connectivity index (χ3v) is 7.34. The highest BCUT2D eigenvalue weighted by molar-refractivity contribution is 8.00. The van der Waals surface area contributed by atoms with Gasteiger partial charge in [0, 0.05) is 26.9 Å². The molecule has 0 aliphatic carbocycles. The number of benzene rings is 4.